The van der Waals surface area contributed by atoms with E-state index in [0.29, 0.717) is 11.3 Å². The summed E-state index contributed by atoms with van der Waals surface area (Å²) in [4.78, 5) is 0.440. The van der Waals surface area contributed by atoms with E-state index in [2.05, 4.69) is 24.4 Å². The van der Waals surface area contributed by atoms with Crippen LogP contribution in [0.2, 0.25) is 0 Å². The van der Waals surface area contributed by atoms with Gasteiger partial charge in [-0.05, 0) is 62.9 Å². The largest absolute Gasteiger partial charge is 0.312 e. The Morgan fingerprint density at radius 2 is 1.75 bits per heavy atom. The topological polar surface area (TPSA) is 46.2 Å². The predicted octanol–water partition coefficient (Wildman–Crippen LogP) is 3.28. The SMILES string of the molecule is Cc1ccc(S(=O)(=O)C23CCNC2CCc2cc(C)ccc23)cc1. The molecule has 0 amide bonds. The van der Waals surface area contributed by atoms with Crippen LogP contribution in [0.5, 0.6) is 0 Å². The van der Waals surface area contributed by atoms with Gasteiger partial charge in [0.15, 0.2) is 9.84 Å². The average Bonchev–Trinajstić information content (AvgIpc) is 3.00. The summed E-state index contributed by atoms with van der Waals surface area (Å²) in [6.45, 7) is 4.80. The van der Waals surface area contributed by atoms with E-state index in [0.717, 1.165) is 30.5 Å². The third-order valence-corrected chi connectivity index (χ3v) is 8.24. The molecule has 4 heteroatoms. The minimum absolute atomic E-state index is 0.000917. The number of fused-ring (bicyclic) bond motifs is 3. The third kappa shape index (κ3) is 2.09. The molecule has 1 N–H and O–H groups in total. The van der Waals surface area contributed by atoms with E-state index < -0.39 is 14.6 Å². The molecule has 0 radical (unpaired) electrons. The van der Waals surface area contributed by atoms with Crippen molar-refractivity contribution < 1.29 is 8.42 Å². The number of sulfone groups is 1. The molecule has 2 atom stereocenters. The first-order chi connectivity index (χ1) is 11.4. The molecule has 1 aliphatic heterocycles. The van der Waals surface area contributed by atoms with Gasteiger partial charge in [-0.25, -0.2) is 8.42 Å². The number of rotatable bonds is 2. The van der Waals surface area contributed by atoms with Crippen molar-refractivity contribution in [2.24, 2.45) is 0 Å². The first kappa shape index (κ1) is 15.9. The Hall–Kier alpha value is -1.65. The van der Waals surface area contributed by atoms with Crippen LogP contribution in [-0.2, 0) is 21.0 Å². The van der Waals surface area contributed by atoms with Gasteiger partial charge in [0.1, 0.15) is 4.75 Å². The van der Waals surface area contributed by atoms with Crippen molar-refractivity contribution in [1.82, 2.24) is 5.32 Å². The summed E-state index contributed by atoms with van der Waals surface area (Å²) in [5.41, 5.74) is 4.48. The predicted molar refractivity (Wildman–Crippen MR) is 96.0 cm³/mol. The van der Waals surface area contributed by atoms with E-state index in [-0.39, 0.29) is 6.04 Å². The molecule has 0 spiro atoms. The van der Waals surface area contributed by atoms with Crippen molar-refractivity contribution >= 4 is 9.84 Å². The molecular weight excluding hydrogens is 318 g/mol. The molecule has 1 heterocycles. The van der Waals surface area contributed by atoms with Crippen LogP contribution < -0.4 is 5.32 Å². The van der Waals surface area contributed by atoms with E-state index in [9.17, 15) is 8.42 Å². The first-order valence-corrected chi connectivity index (χ1v) is 10.1. The van der Waals surface area contributed by atoms with Gasteiger partial charge in [0.25, 0.3) is 0 Å². The summed E-state index contributed by atoms with van der Waals surface area (Å²) in [6.07, 6.45) is 2.46. The normalized spacial score (nSPS) is 26.0. The third-order valence-electron chi connectivity index (χ3n) is 5.68. The maximum atomic E-state index is 13.7. The molecule has 3 nitrogen and oxygen atoms in total. The van der Waals surface area contributed by atoms with Gasteiger partial charge < -0.3 is 5.32 Å². The van der Waals surface area contributed by atoms with E-state index in [1.54, 1.807) is 12.1 Å². The molecule has 2 aromatic rings. The molecule has 0 bridgehead atoms. The van der Waals surface area contributed by atoms with Gasteiger partial charge in [-0.2, -0.15) is 0 Å². The molecule has 1 fully saturated rings. The standard InChI is InChI=1S/C20H23NO2S/c1-14-3-7-17(8-4-14)24(22,23)20-11-12-21-19(20)10-6-16-13-15(2)5-9-18(16)20/h3-5,7-9,13,19,21H,6,10-12H2,1-2H3. The van der Waals surface area contributed by atoms with Gasteiger partial charge in [-0.3, -0.25) is 0 Å². The summed E-state index contributed by atoms with van der Waals surface area (Å²) in [5.74, 6) is 0. The zero-order chi connectivity index (χ0) is 16.9. The highest BCUT2D eigenvalue weighted by Crippen LogP contribution is 2.49. The quantitative estimate of drug-likeness (QED) is 0.912. The molecule has 0 aromatic heterocycles. The highest BCUT2D eigenvalue weighted by Gasteiger charge is 2.56. The van der Waals surface area contributed by atoms with Crippen LogP contribution in [0, 0.1) is 13.8 Å². The molecule has 1 saturated heterocycles. The average molecular weight is 341 g/mol. The smallest absolute Gasteiger partial charge is 0.189 e. The monoisotopic (exact) mass is 341 g/mol. The van der Waals surface area contributed by atoms with Crippen LogP contribution in [0.15, 0.2) is 47.4 Å². The van der Waals surface area contributed by atoms with Crippen LogP contribution in [0.4, 0.5) is 0 Å². The minimum Gasteiger partial charge on any atom is -0.312 e. The van der Waals surface area contributed by atoms with Gasteiger partial charge >= 0.3 is 0 Å². The summed E-state index contributed by atoms with van der Waals surface area (Å²) in [5, 5.41) is 3.46. The van der Waals surface area contributed by atoms with E-state index in [4.69, 9.17) is 0 Å². The maximum Gasteiger partial charge on any atom is 0.189 e. The molecule has 4 rings (SSSR count). The fraction of sp³-hybridized carbons (Fsp3) is 0.400. The summed E-state index contributed by atoms with van der Waals surface area (Å²) < 4.78 is 26.6. The van der Waals surface area contributed by atoms with Crippen LogP contribution in [0.3, 0.4) is 0 Å². The summed E-state index contributed by atoms with van der Waals surface area (Å²) in [7, 11) is -3.47. The molecule has 2 aliphatic rings. The summed E-state index contributed by atoms with van der Waals surface area (Å²) >= 11 is 0. The lowest BCUT2D eigenvalue weighted by Gasteiger charge is -2.40. The number of nitrogens with one attached hydrogen (secondary N) is 1. The van der Waals surface area contributed by atoms with Gasteiger partial charge in [0, 0.05) is 6.04 Å². The lowest BCUT2D eigenvalue weighted by molar-refractivity contribution is 0.416. The van der Waals surface area contributed by atoms with Gasteiger partial charge in [0.2, 0.25) is 0 Å². The second kappa shape index (κ2) is 5.43. The second-order valence-corrected chi connectivity index (χ2v) is 9.37. The van der Waals surface area contributed by atoms with Gasteiger partial charge in [0.05, 0.1) is 4.90 Å². The molecule has 0 saturated carbocycles. The maximum absolute atomic E-state index is 13.7. The highest BCUT2D eigenvalue weighted by molar-refractivity contribution is 7.92. The molecule has 126 valence electrons. The zero-order valence-electron chi connectivity index (χ0n) is 14.2. The van der Waals surface area contributed by atoms with Crippen molar-refractivity contribution in [3.05, 3.63) is 64.7 Å². The van der Waals surface area contributed by atoms with Crippen LogP contribution in [0.25, 0.3) is 0 Å². The van der Waals surface area contributed by atoms with E-state index >= 15 is 0 Å². The van der Waals surface area contributed by atoms with Crippen LogP contribution >= 0.6 is 0 Å². The molecule has 2 aromatic carbocycles. The van der Waals surface area contributed by atoms with Gasteiger partial charge in [-0.1, -0.05) is 41.5 Å². The minimum atomic E-state index is -3.47. The van der Waals surface area contributed by atoms with E-state index in [1.807, 2.05) is 25.1 Å². The van der Waals surface area contributed by atoms with Crippen LogP contribution in [0.1, 0.15) is 35.1 Å². The Morgan fingerprint density at radius 1 is 1.04 bits per heavy atom. The Labute approximate surface area is 144 Å². The van der Waals surface area contributed by atoms with Gasteiger partial charge in [-0.15, -0.1) is 0 Å². The lowest BCUT2D eigenvalue weighted by atomic mass is 9.78. The highest BCUT2D eigenvalue weighted by atomic mass is 32.2. The number of hydrogen-bond donors (Lipinski definition) is 1. The molecular formula is C20H23NO2S. The number of hydrogen-bond acceptors (Lipinski definition) is 3. The van der Waals surface area contributed by atoms with Crippen molar-refractivity contribution in [2.75, 3.05) is 6.54 Å². The lowest BCUT2D eigenvalue weighted by Crippen LogP contribution is -2.49. The van der Waals surface area contributed by atoms with Crippen LogP contribution in [-0.4, -0.2) is 21.0 Å². The molecule has 1 aliphatic carbocycles. The number of aryl methyl sites for hydroxylation is 3. The zero-order valence-corrected chi connectivity index (χ0v) is 15.0. The van der Waals surface area contributed by atoms with Crippen molar-refractivity contribution in [1.29, 1.82) is 0 Å². The fourth-order valence-corrected chi connectivity index (χ4v) is 6.82. The van der Waals surface area contributed by atoms with Crippen molar-refractivity contribution in [3.8, 4) is 0 Å². The van der Waals surface area contributed by atoms with Crippen molar-refractivity contribution in [2.45, 2.75) is 48.8 Å². The Bertz CT molecular complexity index is 886. The fourth-order valence-electron chi connectivity index (χ4n) is 4.46. The molecule has 24 heavy (non-hydrogen) atoms. The van der Waals surface area contributed by atoms with Crippen molar-refractivity contribution in [3.63, 3.8) is 0 Å². The second-order valence-electron chi connectivity index (χ2n) is 7.16. The Balaban J connectivity index is 1.96. The first-order valence-electron chi connectivity index (χ1n) is 8.60. The molecule has 2 unspecified atom stereocenters. The summed E-state index contributed by atoms with van der Waals surface area (Å²) in [6, 6.07) is 13.6. The van der Waals surface area contributed by atoms with E-state index in [1.165, 1.54) is 11.1 Å². The Kier molecular flexibility index (Phi) is 3.59. The number of benzene rings is 2. The Morgan fingerprint density at radius 3 is 2.50 bits per heavy atom.